The highest BCUT2D eigenvalue weighted by Gasteiger charge is 2.21. The van der Waals surface area contributed by atoms with Gasteiger partial charge in [0.1, 0.15) is 0 Å². The van der Waals surface area contributed by atoms with E-state index in [1.165, 1.54) is 6.42 Å². The fourth-order valence-electron chi connectivity index (χ4n) is 2.42. The van der Waals surface area contributed by atoms with Gasteiger partial charge in [0.15, 0.2) is 0 Å². The van der Waals surface area contributed by atoms with Crippen LogP contribution in [0.2, 0.25) is 0 Å². The minimum atomic E-state index is -0.0853. The summed E-state index contributed by atoms with van der Waals surface area (Å²) < 4.78 is 0. The molecule has 1 aromatic rings. The van der Waals surface area contributed by atoms with Gasteiger partial charge in [0.25, 0.3) is 0 Å². The molecule has 0 aromatic carbocycles. The number of hydrogen-bond acceptors (Lipinski definition) is 4. The van der Waals surface area contributed by atoms with E-state index < -0.39 is 0 Å². The highest BCUT2D eigenvalue weighted by Crippen LogP contribution is 2.10. The first-order valence-corrected chi connectivity index (χ1v) is 7.98. The van der Waals surface area contributed by atoms with E-state index in [-0.39, 0.29) is 11.9 Å². The Labute approximate surface area is 119 Å². The fraction of sp³-hybridized carbons (Fsp3) is 0.714. The van der Waals surface area contributed by atoms with Gasteiger partial charge >= 0.3 is 0 Å². The Morgan fingerprint density at radius 1 is 1.47 bits per heavy atom. The lowest BCUT2D eigenvalue weighted by molar-refractivity contribution is -0.133. The van der Waals surface area contributed by atoms with E-state index in [1.54, 1.807) is 11.3 Å². The van der Waals surface area contributed by atoms with Crippen molar-refractivity contribution in [2.24, 2.45) is 0 Å². The zero-order valence-corrected chi connectivity index (χ0v) is 12.6. The Hall–Kier alpha value is -0.940. The van der Waals surface area contributed by atoms with E-state index in [1.807, 2.05) is 18.7 Å². The van der Waals surface area contributed by atoms with Crippen LogP contribution >= 0.6 is 11.3 Å². The molecule has 4 nitrogen and oxygen atoms in total. The summed E-state index contributed by atoms with van der Waals surface area (Å²) >= 11 is 1.68. The summed E-state index contributed by atoms with van der Waals surface area (Å²) in [6.07, 6.45) is 4.45. The summed E-state index contributed by atoms with van der Waals surface area (Å²) in [5, 5.41) is 6.51. The Bertz CT molecular complexity index is 413. The second kappa shape index (κ2) is 7.01. The maximum atomic E-state index is 12.2. The zero-order valence-electron chi connectivity index (χ0n) is 11.8. The van der Waals surface area contributed by atoms with E-state index in [0.717, 1.165) is 49.6 Å². The van der Waals surface area contributed by atoms with E-state index >= 15 is 0 Å². The van der Waals surface area contributed by atoms with Crippen LogP contribution in [0.25, 0.3) is 0 Å². The molecule has 0 radical (unpaired) electrons. The van der Waals surface area contributed by atoms with Gasteiger partial charge < -0.3 is 10.2 Å². The zero-order chi connectivity index (χ0) is 13.7. The molecule has 0 spiro atoms. The minimum absolute atomic E-state index is 0.0853. The molecule has 1 aliphatic rings. The van der Waals surface area contributed by atoms with Crippen LogP contribution < -0.4 is 5.32 Å². The Kier molecular flexibility index (Phi) is 5.34. The predicted molar refractivity (Wildman–Crippen MR) is 78.5 cm³/mol. The molecule has 1 atom stereocenters. The number of nitrogens with zero attached hydrogens (tertiary/aromatic N) is 2. The maximum Gasteiger partial charge on any atom is 0.239 e. The molecule has 2 heterocycles. The van der Waals surface area contributed by atoms with Gasteiger partial charge in [-0.3, -0.25) is 4.79 Å². The Balaban J connectivity index is 1.71. The van der Waals surface area contributed by atoms with Crippen LogP contribution in [0.15, 0.2) is 5.38 Å². The number of hydrogen-bond donors (Lipinski definition) is 1. The molecule has 1 unspecified atom stereocenters. The predicted octanol–water partition coefficient (Wildman–Crippen LogP) is 1.98. The Morgan fingerprint density at radius 3 is 2.84 bits per heavy atom. The van der Waals surface area contributed by atoms with Crippen LogP contribution in [0.3, 0.4) is 0 Å². The molecule has 19 heavy (non-hydrogen) atoms. The number of piperidine rings is 1. The summed E-state index contributed by atoms with van der Waals surface area (Å²) in [5.41, 5.74) is 1.12. The van der Waals surface area contributed by atoms with Gasteiger partial charge in [0.2, 0.25) is 5.91 Å². The van der Waals surface area contributed by atoms with Crippen molar-refractivity contribution < 1.29 is 4.79 Å². The van der Waals surface area contributed by atoms with Crippen LogP contribution in [0.4, 0.5) is 0 Å². The molecule has 1 fully saturated rings. The number of nitrogens with one attached hydrogen (secondary N) is 1. The van der Waals surface area contributed by atoms with Crippen LogP contribution in [-0.2, 0) is 11.2 Å². The molecule has 1 aromatic heterocycles. The van der Waals surface area contributed by atoms with Gasteiger partial charge in [-0.1, -0.05) is 0 Å². The molecule has 1 saturated heterocycles. The molecule has 0 bridgehead atoms. The van der Waals surface area contributed by atoms with Crippen molar-refractivity contribution in [3.63, 3.8) is 0 Å². The third-order valence-corrected chi connectivity index (χ3v) is 4.36. The third kappa shape index (κ3) is 4.28. The standard InChI is InChI=1S/C14H23N3OS/c1-11(14(18)17-8-4-3-5-9-17)15-7-6-13-10-19-12(2)16-13/h10-11,15H,3-9H2,1-2H3. The molecule has 1 amide bonds. The third-order valence-electron chi connectivity index (χ3n) is 3.54. The fourth-order valence-corrected chi connectivity index (χ4v) is 3.06. The van der Waals surface area contributed by atoms with Crippen molar-refractivity contribution in [1.29, 1.82) is 0 Å². The molecule has 0 saturated carbocycles. The number of likely N-dealkylation sites (tertiary alicyclic amines) is 1. The lowest BCUT2D eigenvalue weighted by atomic mass is 10.1. The largest absolute Gasteiger partial charge is 0.341 e. The molecule has 0 aliphatic carbocycles. The van der Waals surface area contributed by atoms with E-state index in [9.17, 15) is 4.79 Å². The molecule has 5 heteroatoms. The second-order valence-electron chi connectivity index (χ2n) is 5.17. The van der Waals surface area contributed by atoms with Gasteiger partial charge in [-0.05, 0) is 33.1 Å². The van der Waals surface area contributed by atoms with Crippen LogP contribution in [-0.4, -0.2) is 41.5 Å². The molecule has 1 N–H and O–H groups in total. The van der Waals surface area contributed by atoms with E-state index in [4.69, 9.17) is 0 Å². The molecule has 2 rings (SSSR count). The Morgan fingerprint density at radius 2 is 2.21 bits per heavy atom. The van der Waals surface area contributed by atoms with E-state index in [0.29, 0.717) is 0 Å². The van der Waals surface area contributed by atoms with Crippen LogP contribution in [0.1, 0.15) is 36.9 Å². The molecular formula is C14H23N3OS. The smallest absolute Gasteiger partial charge is 0.239 e. The average molecular weight is 281 g/mol. The van der Waals surface area contributed by atoms with Crippen LogP contribution in [0, 0.1) is 6.92 Å². The minimum Gasteiger partial charge on any atom is -0.341 e. The van der Waals surface area contributed by atoms with Gasteiger partial charge in [0.05, 0.1) is 16.7 Å². The van der Waals surface area contributed by atoms with Gasteiger partial charge in [0, 0.05) is 31.4 Å². The number of thiazole rings is 1. The lowest BCUT2D eigenvalue weighted by Gasteiger charge is -2.29. The van der Waals surface area contributed by atoms with Crippen molar-refractivity contribution >= 4 is 17.2 Å². The highest BCUT2D eigenvalue weighted by atomic mass is 32.1. The topological polar surface area (TPSA) is 45.2 Å². The van der Waals surface area contributed by atoms with Gasteiger partial charge in [-0.15, -0.1) is 11.3 Å². The van der Waals surface area contributed by atoms with Crippen molar-refractivity contribution in [3.05, 3.63) is 16.1 Å². The highest BCUT2D eigenvalue weighted by molar-refractivity contribution is 7.09. The summed E-state index contributed by atoms with van der Waals surface area (Å²) in [5.74, 6) is 0.245. The monoisotopic (exact) mass is 281 g/mol. The summed E-state index contributed by atoms with van der Waals surface area (Å²) in [7, 11) is 0. The van der Waals surface area contributed by atoms with Gasteiger partial charge in [-0.2, -0.15) is 0 Å². The first-order chi connectivity index (χ1) is 9.16. The number of carbonyl (C=O) groups is 1. The number of aryl methyl sites for hydroxylation is 1. The SMILES string of the molecule is Cc1nc(CCNC(C)C(=O)N2CCCCC2)cs1. The van der Waals surface area contributed by atoms with Crippen molar-refractivity contribution in [1.82, 2.24) is 15.2 Å². The number of carbonyl (C=O) groups excluding carboxylic acids is 1. The number of amides is 1. The quantitative estimate of drug-likeness (QED) is 0.897. The molecule has 1 aliphatic heterocycles. The summed E-state index contributed by atoms with van der Waals surface area (Å²) in [6.45, 7) is 6.64. The number of aromatic nitrogens is 1. The average Bonchev–Trinajstić information content (AvgIpc) is 2.84. The molecular weight excluding hydrogens is 258 g/mol. The summed E-state index contributed by atoms with van der Waals surface area (Å²) in [4.78, 5) is 18.6. The maximum absolute atomic E-state index is 12.2. The van der Waals surface area contributed by atoms with Crippen molar-refractivity contribution in [2.45, 2.75) is 45.6 Å². The van der Waals surface area contributed by atoms with Crippen LogP contribution in [0.5, 0.6) is 0 Å². The lowest BCUT2D eigenvalue weighted by Crippen LogP contribution is -2.47. The first kappa shape index (κ1) is 14.5. The normalized spacial score (nSPS) is 17.5. The second-order valence-corrected chi connectivity index (χ2v) is 6.23. The number of rotatable bonds is 5. The first-order valence-electron chi connectivity index (χ1n) is 7.10. The molecule has 106 valence electrons. The van der Waals surface area contributed by atoms with Crippen molar-refractivity contribution in [3.8, 4) is 0 Å². The summed E-state index contributed by atoms with van der Waals surface area (Å²) in [6, 6.07) is -0.0853. The van der Waals surface area contributed by atoms with Crippen molar-refractivity contribution in [2.75, 3.05) is 19.6 Å². The van der Waals surface area contributed by atoms with Gasteiger partial charge in [-0.25, -0.2) is 4.98 Å². The van der Waals surface area contributed by atoms with E-state index in [2.05, 4.69) is 15.7 Å².